The van der Waals surface area contributed by atoms with Gasteiger partial charge in [0.05, 0.1) is 11.0 Å². The summed E-state index contributed by atoms with van der Waals surface area (Å²) < 4.78 is 2.81. The molecule has 1 heterocycles. The molecule has 0 aliphatic heterocycles. The summed E-state index contributed by atoms with van der Waals surface area (Å²) in [5.41, 5.74) is 2.47. The summed E-state index contributed by atoms with van der Waals surface area (Å²) in [6.07, 6.45) is 1.01. The smallest absolute Gasteiger partial charge is 0.244 e. The second kappa shape index (κ2) is 8.81. The first-order valence-corrected chi connectivity index (χ1v) is 9.62. The number of hydrogen-bond acceptors (Lipinski definition) is 3. The largest absolute Gasteiger partial charge is 0.356 e. The summed E-state index contributed by atoms with van der Waals surface area (Å²) in [6, 6.07) is 15.2. The SMILES string of the molecule is CCC(=O)NCCc1nc2ccccc2n1CC(=O)Nc1cccc(Br)c1. The van der Waals surface area contributed by atoms with Crippen molar-refractivity contribution in [1.82, 2.24) is 14.9 Å². The molecule has 2 N–H and O–H groups in total. The highest BCUT2D eigenvalue weighted by Gasteiger charge is 2.14. The summed E-state index contributed by atoms with van der Waals surface area (Å²) >= 11 is 3.40. The number of fused-ring (bicyclic) bond motifs is 1. The van der Waals surface area contributed by atoms with Gasteiger partial charge in [-0.1, -0.05) is 41.1 Å². The molecule has 0 saturated carbocycles. The standard InChI is InChI=1S/C20H21BrN4O2/c1-2-19(26)22-11-10-18-24-16-8-3-4-9-17(16)25(18)13-20(27)23-15-7-5-6-14(21)12-15/h3-9,12H,2,10-11,13H2,1H3,(H,22,26)(H,23,27). The Morgan fingerprint density at radius 1 is 1.11 bits per heavy atom. The Morgan fingerprint density at radius 2 is 1.93 bits per heavy atom. The van der Waals surface area contributed by atoms with Crippen molar-refractivity contribution >= 4 is 44.5 Å². The fourth-order valence-electron chi connectivity index (χ4n) is 2.84. The van der Waals surface area contributed by atoms with E-state index in [9.17, 15) is 9.59 Å². The van der Waals surface area contributed by atoms with Crippen LogP contribution in [0.1, 0.15) is 19.2 Å². The van der Waals surface area contributed by atoms with Crippen molar-refractivity contribution in [3.8, 4) is 0 Å². The van der Waals surface area contributed by atoms with Crippen molar-refractivity contribution in [2.75, 3.05) is 11.9 Å². The van der Waals surface area contributed by atoms with E-state index >= 15 is 0 Å². The van der Waals surface area contributed by atoms with E-state index in [0.29, 0.717) is 19.4 Å². The highest BCUT2D eigenvalue weighted by atomic mass is 79.9. The van der Waals surface area contributed by atoms with E-state index in [4.69, 9.17) is 0 Å². The zero-order valence-electron chi connectivity index (χ0n) is 15.0. The minimum absolute atomic E-state index is 0.00468. The second-order valence-corrected chi connectivity index (χ2v) is 7.03. The minimum Gasteiger partial charge on any atom is -0.356 e. The van der Waals surface area contributed by atoms with Crippen LogP contribution in [0.2, 0.25) is 0 Å². The number of benzene rings is 2. The number of halogens is 1. The van der Waals surface area contributed by atoms with Crippen LogP contribution in [-0.2, 0) is 22.6 Å². The van der Waals surface area contributed by atoms with Crippen LogP contribution < -0.4 is 10.6 Å². The van der Waals surface area contributed by atoms with Gasteiger partial charge in [0.25, 0.3) is 0 Å². The van der Waals surface area contributed by atoms with Crippen LogP contribution in [0.5, 0.6) is 0 Å². The fourth-order valence-corrected chi connectivity index (χ4v) is 3.24. The Hall–Kier alpha value is -2.67. The fraction of sp³-hybridized carbons (Fsp3) is 0.250. The molecule has 6 nitrogen and oxygen atoms in total. The van der Waals surface area contributed by atoms with E-state index in [0.717, 1.165) is 27.0 Å². The first-order valence-electron chi connectivity index (χ1n) is 8.83. The van der Waals surface area contributed by atoms with Gasteiger partial charge in [0.1, 0.15) is 12.4 Å². The number of amides is 2. The Labute approximate surface area is 166 Å². The summed E-state index contributed by atoms with van der Waals surface area (Å²) in [5, 5.41) is 5.76. The maximum Gasteiger partial charge on any atom is 0.244 e. The van der Waals surface area contributed by atoms with Gasteiger partial charge in [-0.05, 0) is 30.3 Å². The lowest BCUT2D eigenvalue weighted by Crippen LogP contribution is -2.26. The summed E-state index contributed by atoms with van der Waals surface area (Å²) in [7, 11) is 0. The molecule has 0 radical (unpaired) electrons. The normalized spacial score (nSPS) is 10.7. The minimum atomic E-state index is -0.130. The van der Waals surface area contributed by atoms with E-state index in [1.807, 2.05) is 60.0 Å². The van der Waals surface area contributed by atoms with Crippen molar-refractivity contribution < 1.29 is 9.59 Å². The first kappa shape index (κ1) is 19.1. The van der Waals surface area contributed by atoms with E-state index in [-0.39, 0.29) is 18.4 Å². The zero-order valence-corrected chi connectivity index (χ0v) is 16.6. The quantitative estimate of drug-likeness (QED) is 0.604. The number of aromatic nitrogens is 2. The van der Waals surface area contributed by atoms with Crippen molar-refractivity contribution in [1.29, 1.82) is 0 Å². The molecule has 2 aromatic carbocycles. The average Bonchev–Trinajstić information content (AvgIpc) is 2.99. The first-order chi connectivity index (χ1) is 13.1. The Balaban J connectivity index is 1.78. The maximum absolute atomic E-state index is 12.6. The van der Waals surface area contributed by atoms with Gasteiger partial charge in [-0.15, -0.1) is 0 Å². The molecule has 3 rings (SSSR count). The summed E-state index contributed by atoms with van der Waals surface area (Å²) in [6.45, 7) is 2.46. The number of hydrogen-bond donors (Lipinski definition) is 2. The van der Waals surface area contributed by atoms with E-state index in [1.54, 1.807) is 0 Å². The number of nitrogens with one attached hydrogen (secondary N) is 2. The second-order valence-electron chi connectivity index (χ2n) is 6.11. The zero-order chi connectivity index (χ0) is 19.2. The van der Waals surface area contributed by atoms with Gasteiger partial charge in [-0.3, -0.25) is 9.59 Å². The lowest BCUT2D eigenvalue weighted by atomic mass is 10.3. The molecule has 1 aromatic heterocycles. The van der Waals surface area contributed by atoms with Crippen LogP contribution >= 0.6 is 15.9 Å². The highest BCUT2D eigenvalue weighted by molar-refractivity contribution is 9.10. The van der Waals surface area contributed by atoms with E-state index in [1.165, 1.54) is 0 Å². The van der Waals surface area contributed by atoms with Gasteiger partial charge in [0, 0.05) is 29.5 Å². The third-order valence-corrected chi connectivity index (χ3v) is 4.63. The van der Waals surface area contributed by atoms with Crippen LogP contribution in [0.3, 0.4) is 0 Å². The van der Waals surface area contributed by atoms with Crippen molar-refractivity contribution in [3.05, 3.63) is 58.8 Å². The Kier molecular flexibility index (Phi) is 6.24. The molecular formula is C20H21BrN4O2. The molecule has 0 bridgehead atoms. The highest BCUT2D eigenvalue weighted by Crippen LogP contribution is 2.18. The third-order valence-electron chi connectivity index (χ3n) is 4.14. The Morgan fingerprint density at radius 3 is 2.70 bits per heavy atom. The van der Waals surface area contributed by atoms with Crippen LogP contribution in [0.15, 0.2) is 53.0 Å². The molecule has 0 aliphatic carbocycles. The number of nitrogens with zero attached hydrogens (tertiary/aromatic N) is 2. The molecular weight excluding hydrogens is 408 g/mol. The maximum atomic E-state index is 12.6. The van der Waals surface area contributed by atoms with Crippen molar-refractivity contribution in [2.45, 2.75) is 26.3 Å². The topological polar surface area (TPSA) is 76.0 Å². The molecule has 2 amide bonds. The Bertz CT molecular complexity index is 968. The van der Waals surface area contributed by atoms with Gasteiger partial charge < -0.3 is 15.2 Å². The predicted octanol–water partition coefficient (Wildman–Crippen LogP) is 3.51. The van der Waals surface area contributed by atoms with Crippen molar-refractivity contribution in [2.24, 2.45) is 0 Å². The molecule has 7 heteroatoms. The van der Waals surface area contributed by atoms with Crippen LogP contribution in [0.4, 0.5) is 5.69 Å². The number of carbonyl (C=O) groups excluding carboxylic acids is 2. The predicted molar refractivity (Wildman–Crippen MR) is 110 cm³/mol. The molecule has 0 unspecified atom stereocenters. The lowest BCUT2D eigenvalue weighted by molar-refractivity contribution is -0.120. The number of anilines is 1. The number of rotatable bonds is 7. The van der Waals surface area contributed by atoms with Gasteiger partial charge in [-0.25, -0.2) is 4.98 Å². The van der Waals surface area contributed by atoms with E-state index in [2.05, 4.69) is 31.5 Å². The van der Waals surface area contributed by atoms with Gasteiger partial charge >= 0.3 is 0 Å². The lowest BCUT2D eigenvalue weighted by Gasteiger charge is -2.11. The van der Waals surface area contributed by atoms with Gasteiger partial charge in [-0.2, -0.15) is 0 Å². The van der Waals surface area contributed by atoms with Crippen LogP contribution in [0.25, 0.3) is 11.0 Å². The molecule has 0 spiro atoms. The molecule has 140 valence electrons. The van der Waals surface area contributed by atoms with Crippen molar-refractivity contribution in [3.63, 3.8) is 0 Å². The summed E-state index contributed by atoms with van der Waals surface area (Å²) in [5.74, 6) is 0.650. The molecule has 0 atom stereocenters. The van der Waals surface area contributed by atoms with Gasteiger partial charge in [0.15, 0.2) is 0 Å². The molecule has 27 heavy (non-hydrogen) atoms. The number of imidazole rings is 1. The van der Waals surface area contributed by atoms with Crippen LogP contribution in [-0.4, -0.2) is 27.9 Å². The molecule has 0 fully saturated rings. The van der Waals surface area contributed by atoms with Crippen LogP contribution in [0, 0.1) is 0 Å². The summed E-state index contributed by atoms with van der Waals surface area (Å²) in [4.78, 5) is 28.7. The molecule has 3 aromatic rings. The third kappa shape index (κ3) is 4.95. The number of para-hydroxylation sites is 2. The molecule has 0 aliphatic rings. The monoisotopic (exact) mass is 428 g/mol. The van der Waals surface area contributed by atoms with Gasteiger partial charge in [0.2, 0.25) is 11.8 Å². The number of carbonyl (C=O) groups is 2. The molecule has 0 saturated heterocycles. The van der Waals surface area contributed by atoms with E-state index < -0.39 is 0 Å². The average molecular weight is 429 g/mol.